The van der Waals surface area contributed by atoms with Crippen molar-refractivity contribution >= 4 is 23.3 Å². The number of furan rings is 1. The summed E-state index contributed by atoms with van der Waals surface area (Å²) < 4.78 is 21.5. The topological polar surface area (TPSA) is 33.9 Å². The van der Waals surface area contributed by atoms with E-state index in [4.69, 9.17) is 16.6 Å². The van der Waals surface area contributed by atoms with Crippen LogP contribution in [0.25, 0.3) is 11.0 Å². The molecule has 0 aliphatic heterocycles. The minimum Gasteiger partial charge on any atom is -0.467 e. The molecule has 3 aromatic rings. The fourth-order valence-corrected chi connectivity index (χ4v) is 2.66. The van der Waals surface area contributed by atoms with Crippen molar-refractivity contribution in [1.82, 2.24) is 9.55 Å². The lowest BCUT2D eigenvalue weighted by atomic mass is 10.2. The van der Waals surface area contributed by atoms with Crippen LogP contribution < -0.4 is 0 Å². The van der Waals surface area contributed by atoms with E-state index in [0.29, 0.717) is 15.9 Å². The monoisotopic (exact) mass is 276 g/mol. The molecule has 0 aliphatic carbocycles. The Labute approximate surface area is 114 Å². The Bertz CT molecular complexity index is 786. The molecular weight excluding hydrogens is 263 g/mol. The number of nitrogens with zero attached hydrogens (tertiary/aromatic N) is 1. The number of benzene rings is 1. The number of aromatic nitrogens is 2. The summed E-state index contributed by atoms with van der Waals surface area (Å²) >= 11 is 5.33. The van der Waals surface area contributed by atoms with Gasteiger partial charge in [0.1, 0.15) is 11.6 Å². The summed E-state index contributed by atoms with van der Waals surface area (Å²) in [5, 5.41) is 0. The van der Waals surface area contributed by atoms with E-state index in [0.717, 1.165) is 11.3 Å². The molecule has 1 N–H and O–H groups in total. The quantitative estimate of drug-likeness (QED) is 0.706. The fourth-order valence-electron chi connectivity index (χ4n) is 2.29. The number of imidazole rings is 1. The number of hydrogen-bond acceptors (Lipinski definition) is 2. The van der Waals surface area contributed by atoms with Crippen LogP contribution in [-0.4, -0.2) is 9.55 Å². The third kappa shape index (κ3) is 1.90. The maximum Gasteiger partial charge on any atom is 0.178 e. The number of rotatable bonds is 2. The lowest BCUT2D eigenvalue weighted by molar-refractivity contribution is 0.449. The van der Waals surface area contributed by atoms with E-state index < -0.39 is 0 Å². The predicted molar refractivity (Wildman–Crippen MR) is 74.3 cm³/mol. The molecule has 98 valence electrons. The molecule has 0 saturated carbocycles. The second-order valence-corrected chi connectivity index (χ2v) is 5.00. The van der Waals surface area contributed by atoms with Gasteiger partial charge in [0.25, 0.3) is 0 Å². The van der Waals surface area contributed by atoms with E-state index in [-0.39, 0.29) is 11.9 Å². The van der Waals surface area contributed by atoms with Gasteiger partial charge in [0.15, 0.2) is 4.77 Å². The van der Waals surface area contributed by atoms with Crippen molar-refractivity contribution in [1.29, 1.82) is 0 Å². The van der Waals surface area contributed by atoms with Crippen molar-refractivity contribution in [2.45, 2.75) is 19.9 Å². The summed E-state index contributed by atoms with van der Waals surface area (Å²) in [5.41, 5.74) is 2.18. The molecule has 2 heterocycles. The third-order valence-corrected chi connectivity index (χ3v) is 3.64. The Balaban J connectivity index is 2.26. The first-order chi connectivity index (χ1) is 9.08. The molecule has 0 aliphatic rings. The van der Waals surface area contributed by atoms with Crippen molar-refractivity contribution in [3.8, 4) is 0 Å². The van der Waals surface area contributed by atoms with E-state index in [1.807, 2.05) is 23.6 Å². The van der Waals surface area contributed by atoms with E-state index >= 15 is 0 Å². The van der Waals surface area contributed by atoms with Crippen LogP contribution in [0.3, 0.4) is 0 Å². The van der Waals surface area contributed by atoms with Crippen LogP contribution in [0.2, 0.25) is 0 Å². The van der Waals surface area contributed by atoms with Crippen molar-refractivity contribution in [3.63, 3.8) is 0 Å². The molecule has 1 aromatic carbocycles. The van der Waals surface area contributed by atoms with E-state index in [1.165, 1.54) is 6.07 Å². The van der Waals surface area contributed by atoms with Crippen molar-refractivity contribution in [2.24, 2.45) is 0 Å². The maximum absolute atomic E-state index is 13.6. The van der Waals surface area contributed by atoms with Crippen molar-refractivity contribution in [2.75, 3.05) is 0 Å². The highest BCUT2D eigenvalue weighted by atomic mass is 32.1. The summed E-state index contributed by atoms with van der Waals surface area (Å²) in [6.45, 7) is 3.74. The molecule has 2 aromatic heterocycles. The van der Waals surface area contributed by atoms with Crippen LogP contribution in [0.5, 0.6) is 0 Å². The zero-order chi connectivity index (χ0) is 13.6. The smallest absolute Gasteiger partial charge is 0.178 e. The van der Waals surface area contributed by atoms with Crippen molar-refractivity contribution < 1.29 is 8.81 Å². The van der Waals surface area contributed by atoms with E-state index in [9.17, 15) is 4.39 Å². The summed E-state index contributed by atoms with van der Waals surface area (Å²) in [6.07, 6.45) is 1.63. The van der Waals surface area contributed by atoms with Crippen LogP contribution >= 0.6 is 12.2 Å². The molecule has 5 heteroatoms. The van der Waals surface area contributed by atoms with Crippen LogP contribution in [0, 0.1) is 17.5 Å². The van der Waals surface area contributed by atoms with Gasteiger partial charge in [-0.25, -0.2) is 4.39 Å². The first kappa shape index (κ1) is 12.2. The Morgan fingerprint density at radius 2 is 2.21 bits per heavy atom. The zero-order valence-corrected chi connectivity index (χ0v) is 11.4. The van der Waals surface area contributed by atoms with Gasteiger partial charge in [-0.3, -0.25) is 0 Å². The van der Waals surface area contributed by atoms with Crippen LogP contribution in [0.1, 0.15) is 24.3 Å². The van der Waals surface area contributed by atoms with Crippen molar-refractivity contribution in [3.05, 3.63) is 52.4 Å². The van der Waals surface area contributed by atoms with Gasteiger partial charge in [0.2, 0.25) is 0 Å². The van der Waals surface area contributed by atoms with Gasteiger partial charge in [0.05, 0.1) is 23.3 Å². The number of halogens is 1. The lowest BCUT2D eigenvalue weighted by Crippen LogP contribution is -2.05. The summed E-state index contributed by atoms with van der Waals surface area (Å²) in [5.74, 6) is 0.584. The average Bonchev–Trinajstić information content (AvgIpc) is 2.97. The summed E-state index contributed by atoms with van der Waals surface area (Å²) in [7, 11) is 0. The molecule has 0 amide bonds. The third-order valence-electron chi connectivity index (χ3n) is 3.34. The average molecular weight is 276 g/mol. The van der Waals surface area contributed by atoms with Gasteiger partial charge >= 0.3 is 0 Å². The molecular formula is C14H13FN2OS. The van der Waals surface area contributed by atoms with E-state index in [2.05, 4.69) is 4.98 Å². The second-order valence-electron chi connectivity index (χ2n) is 4.61. The summed E-state index contributed by atoms with van der Waals surface area (Å²) in [4.78, 5) is 3.03. The zero-order valence-electron chi connectivity index (χ0n) is 10.6. The highest BCUT2D eigenvalue weighted by Crippen LogP contribution is 2.26. The normalized spacial score (nSPS) is 13.0. The number of nitrogens with one attached hydrogen (secondary N) is 1. The highest BCUT2D eigenvalue weighted by Gasteiger charge is 2.16. The SMILES string of the molecule is Cc1cc2c(cc1F)[nH]c(=S)n2C(C)c1ccco1. The molecule has 1 unspecified atom stereocenters. The fraction of sp³-hybridized carbons (Fsp3) is 0.214. The molecule has 3 nitrogen and oxygen atoms in total. The van der Waals surface area contributed by atoms with Crippen LogP contribution in [-0.2, 0) is 0 Å². The maximum atomic E-state index is 13.6. The molecule has 3 rings (SSSR count). The number of aromatic amines is 1. The van der Waals surface area contributed by atoms with Gasteiger partial charge in [-0.1, -0.05) is 0 Å². The molecule has 19 heavy (non-hydrogen) atoms. The molecule has 0 radical (unpaired) electrons. The van der Waals surface area contributed by atoms with Gasteiger partial charge in [-0.2, -0.15) is 0 Å². The highest BCUT2D eigenvalue weighted by molar-refractivity contribution is 7.71. The number of hydrogen-bond donors (Lipinski definition) is 1. The van der Waals surface area contributed by atoms with Gasteiger partial charge in [0, 0.05) is 0 Å². The second kappa shape index (κ2) is 4.35. The van der Waals surface area contributed by atoms with Gasteiger partial charge in [-0.15, -0.1) is 0 Å². The number of fused-ring (bicyclic) bond motifs is 1. The molecule has 0 fully saturated rings. The van der Waals surface area contributed by atoms with Gasteiger partial charge < -0.3 is 14.0 Å². The largest absolute Gasteiger partial charge is 0.467 e. The molecule has 0 bridgehead atoms. The van der Waals surface area contributed by atoms with E-state index in [1.54, 1.807) is 19.3 Å². The Morgan fingerprint density at radius 3 is 2.89 bits per heavy atom. The standard InChI is InChI=1S/C14H13FN2OS/c1-8-6-12-11(7-10(8)15)16-14(19)17(12)9(2)13-4-3-5-18-13/h3-7,9H,1-2H3,(H,16,19). The minimum atomic E-state index is -0.235. The number of H-pyrrole nitrogens is 1. The van der Waals surface area contributed by atoms with Gasteiger partial charge in [-0.05, 0) is 55.9 Å². The Hall–Kier alpha value is -1.88. The lowest BCUT2D eigenvalue weighted by Gasteiger charge is -2.12. The van der Waals surface area contributed by atoms with Crippen LogP contribution in [0.4, 0.5) is 4.39 Å². The predicted octanol–water partition coefficient (Wildman–Crippen LogP) is 4.35. The Morgan fingerprint density at radius 1 is 1.42 bits per heavy atom. The Kier molecular flexibility index (Phi) is 2.78. The molecule has 0 spiro atoms. The first-order valence-corrected chi connectivity index (χ1v) is 6.42. The molecule has 1 atom stereocenters. The minimum absolute atomic E-state index is 0.0406. The summed E-state index contributed by atoms with van der Waals surface area (Å²) in [6, 6.07) is 6.99. The molecule has 0 saturated heterocycles. The first-order valence-electron chi connectivity index (χ1n) is 6.01. The number of aryl methyl sites for hydroxylation is 1. The van der Waals surface area contributed by atoms with Crippen LogP contribution in [0.15, 0.2) is 34.9 Å².